The molecule has 0 radical (unpaired) electrons. The predicted octanol–water partition coefficient (Wildman–Crippen LogP) is 2.03. The molecule has 0 aromatic heterocycles. The van der Waals surface area contributed by atoms with Gasteiger partial charge in [0.05, 0.1) is 8.07 Å². The van der Waals surface area contributed by atoms with Crippen LogP contribution in [0.2, 0.25) is 19.6 Å². The first-order valence-electron chi connectivity index (χ1n) is 5.43. The quantitative estimate of drug-likeness (QED) is 0.626. The van der Waals surface area contributed by atoms with Crippen LogP contribution in [0.3, 0.4) is 0 Å². The second-order valence-electron chi connectivity index (χ2n) is 4.87. The first kappa shape index (κ1) is 12.7. The highest BCUT2D eigenvalue weighted by Crippen LogP contribution is 2.04. The highest BCUT2D eigenvalue weighted by molar-refractivity contribution is 6.88. The summed E-state index contributed by atoms with van der Waals surface area (Å²) in [5, 5.41) is 4.20. The molecule has 1 aromatic carbocycles. The molecule has 1 amide bonds. The number of carbonyl (C=O) groups is 1. The van der Waals surface area contributed by atoms with E-state index in [1.54, 1.807) is 0 Å². The lowest BCUT2D eigenvalue weighted by Gasteiger charge is -2.16. The van der Waals surface area contributed by atoms with Crippen molar-refractivity contribution in [2.75, 3.05) is 0 Å². The normalized spacial score (nSPS) is 10.9. The van der Waals surface area contributed by atoms with Crippen LogP contribution in [0, 0.1) is 0 Å². The third kappa shape index (κ3) is 3.66. The van der Waals surface area contributed by atoms with Crippen molar-refractivity contribution in [2.24, 2.45) is 0 Å². The summed E-state index contributed by atoms with van der Waals surface area (Å²) in [6.45, 7) is 10.9. The van der Waals surface area contributed by atoms with Crippen molar-refractivity contribution in [1.82, 2.24) is 5.32 Å². The molecule has 0 atom stereocenters. The highest BCUT2D eigenvalue weighted by atomic mass is 28.3. The van der Waals surface area contributed by atoms with E-state index in [4.69, 9.17) is 0 Å². The molecule has 1 rings (SSSR count). The summed E-state index contributed by atoms with van der Waals surface area (Å²) >= 11 is 0. The molecule has 1 N–H and O–H groups in total. The fourth-order valence-electron chi connectivity index (χ4n) is 1.38. The van der Waals surface area contributed by atoms with Gasteiger partial charge in [-0.2, -0.15) is 0 Å². The fourth-order valence-corrected chi connectivity index (χ4v) is 2.55. The summed E-state index contributed by atoms with van der Waals surface area (Å²) in [7, 11) is -1.21. The lowest BCUT2D eigenvalue weighted by atomic mass is 10.2. The molecule has 0 aliphatic carbocycles. The third-order valence-corrected chi connectivity index (χ3v) is 4.54. The van der Waals surface area contributed by atoms with Crippen LogP contribution in [0.4, 0.5) is 0 Å². The number of hydrogen-bond donors (Lipinski definition) is 1. The lowest BCUT2D eigenvalue weighted by molar-refractivity contribution is -0.116. The fraction of sp³-hybridized carbons (Fsp3) is 0.308. The molecule has 0 saturated heterocycles. The van der Waals surface area contributed by atoms with Gasteiger partial charge in [-0.15, -0.1) is 0 Å². The molecular weight excluding hydrogens is 214 g/mol. The zero-order valence-electron chi connectivity index (χ0n) is 10.2. The average molecular weight is 233 g/mol. The molecule has 86 valence electrons. The Morgan fingerprint density at radius 3 is 2.31 bits per heavy atom. The molecule has 1 aromatic rings. The smallest absolute Gasteiger partial charge is 0.243 e. The van der Waals surface area contributed by atoms with Crippen LogP contribution in [0.1, 0.15) is 5.56 Å². The zero-order valence-corrected chi connectivity index (χ0v) is 11.2. The Kier molecular flexibility index (Phi) is 4.07. The van der Waals surface area contributed by atoms with Gasteiger partial charge in [-0.25, -0.2) is 0 Å². The van der Waals surface area contributed by atoms with Gasteiger partial charge < -0.3 is 5.32 Å². The van der Waals surface area contributed by atoms with E-state index in [2.05, 4.69) is 55.8 Å². The minimum Gasteiger partial charge on any atom is -0.348 e. The first-order valence-corrected chi connectivity index (χ1v) is 8.93. The van der Waals surface area contributed by atoms with Crippen LogP contribution in [0.15, 0.2) is 36.9 Å². The van der Waals surface area contributed by atoms with E-state index in [1.807, 2.05) is 0 Å². The average Bonchev–Trinajstić information content (AvgIpc) is 2.25. The third-order valence-electron chi connectivity index (χ3n) is 2.47. The maximum absolute atomic E-state index is 11.0. The second-order valence-corrected chi connectivity index (χ2v) is 9.95. The molecular formula is C13H19NOSi. The zero-order chi connectivity index (χ0) is 12.2. The summed E-state index contributed by atoms with van der Waals surface area (Å²) < 4.78 is 0. The molecule has 0 bridgehead atoms. The number of carbonyl (C=O) groups excluding carboxylic acids is 1. The van der Waals surface area contributed by atoms with Crippen LogP contribution in [-0.2, 0) is 11.3 Å². The van der Waals surface area contributed by atoms with E-state index in [1.165, 1.54) is 11.3 Å². The van der Waals surface area contributed by atoms with Crippen LogP contribution >= 0.6 is 0 Å². The summed E-state index contributed by atoms with van der Waals surface area (Å²) in [5.41, 5.74) is 1.12. The summed E-state index contributed by atoms with van der Waals surface area (Å²) in [5.74, 6) is -0.130. The molecule has 2 nitrogen and oxygen atoms in total. The first-order chi connectivity index (χ1) is 7.43. The minimum atomic E-state index is -1.21. The van der Waals surface area contributed by atoms with Gasteiger partial charge in [-0.05, 0) is 11.6 Å². The van der Waals surface area contributed by atoms with Crippen molar-refractivity contribution in [3.05, 3.63) is 42.5 Å². The molecule has 0 aliphatic rings. The number of rotatable bonds is 4. The molecule has 0 heterocycles. The maximum Gasteiger partial charge on any atom is 0.243 e. The van der Waals surface area contributed by atoms with Gasteiger partial charge in [0.1, 0.15) is 0 Å². The van der Waals surface area contributed by atoms with E-state index in [9.17, 15) is 4.79 Å². The summed E-state index contributed by atoms with van der Waals surface area (Å²) in [6.07, 6.45) is 1.29. The van der Waals surface area contributed by atoms with Crippen molar-refractivity contribution < 1.29 is 4.79 Å². The van der Waals surface area contributed by atoms with E-state index in [-0.39, 0.29) is 5.91 Å². The van der Waals surface area contributed by atoms with Crippen molar-refractivity contribution >= 4 is 19.2 Å². The van der Waals surface area contributed by atoms with Crippen molar-refractivity contribution in [1.29, 1.82) is 0 Å². The topological polar surface area (TPSA) is 29.1 Å². The van der Waals surface area contributed by atoms with E-state index in [0.717, 1.165) is 5.56 Å². The van der Waals surface area contributed by atoms with Gasteiger partial charge in [0.25, 0.3) is 0 Å². The van der Waals surface area contributed by atoms with Crippen molar-refractivity contribution in [3.8, 4) is 0 Å². The van der Waals surface area contributed by atoms with Crippen LogP contribution in [0.5, 0.6) is 0 Å². The Balaban J connectivity index is 2.65. The Morgan fingerprint density at radius 1 is 1.31 bits per heavy atom. The molecule has 3 heteroatoms. The Labute approximate surface area is 98.4 Å². The second kappa shape index (κ2) is 5.12. The largest absolute Gasteiger partial charge is 0.348 e. The molecule has 16 heavy (non-hydrogen) atoms. The van der Waals surface area contributed by atoms with Gasteiger partial charge in [-0.3, -0.25) is 4.79 Å². The van der Waals surface area contributed by atoms with Gasteiger partial charge in [0.15, 0.2) is 0 Å². The van der Waals surface area contributed by atoms with Gasteiger partial charge in [0.2, 0.25) is 5.91 Å². The Bertz CT molecular complexity index is 376. The predicted molar refractivity (Wildman–Crippen MR) is 71.5 cm³/mol. The Hall–Kier alpha value is -1.35. The molecule has 0 fully saturated rings. The van der Waals surface area contributed by atoms with Gasteiger partial charge >= 0.3 is 0 Å². The number of amides is 1. The van der Waals surface area contributed by atoms with E-state index >= 15 is 0 Å². The molecule has 0 saturated carbocycles. The molecule has 0 unspecified atom stereocenters. The monoisotopic (exact) mass is 233 g/mol. The van der Waals surface area contributed by atoms with Gasteiger partial charge in [0, 0.05) is 6.54 Å². The van der Waals surface area contributed by atoms with E-state index < -0.39 is 8.07 Å². The molecule has 0 aliphatic heterocycles. The number of benzene rings is 1. The lowest BCUT2D eigenvalue weighted by Crippen LogP contribution is -2.37. The maximum atomic E-state index is 11.0. The number of hydrogen-bond acceptors (Lipinski definition) is 1. The summed E-state index contributed by atoms with van der Waals surface area (Å²) in [4.78, 5) is 11.0. The van der Waals surface area contributed by atoms with Crippen LogP contribution in [-0.4, -0.2) is 14.0 Å². The van der Waals surface area contributed by atoms with Crippen molar-refractivity contribution in [2.45, 2.75) is 26.2 Å². The number of nitrogens with one attached hydrogen (secondary N) is 1. The SMILES string of the molecule is C=CC(=O)NCc1ccc([Si](C)(C)C)cc1. The molecule has 0 spiro atoms. The Morgan fingerprint density at radius 2 is 1.88 bits per heavy atom. The van der Waals surface area contributed by atoms with Crippen LogP contribution < -0.4 is 10.5 Å². The van der Waals surface area contributed by atoms with Crippen molar-refractivity contribution in [3.63, 3.8) is 0 Å². The standard InChI is InChI=1S/C13H19NOSi/c1-5-13(15)14-10-11-6-8-12(9-7-11)16(2,3)4/h5-9H,1,10H2,2-4H3,(H,14,15). The van der Waals surface area contributed by atoms with E-state index in [0.29, 0.717) is 6.54 Å². The van der Waals surface area contributed by atoms with Gasteiger partial charge in [-0.1, -0.05) is 55.7 Å². The minimum absolute atomic E-state index is 0.130. The highest BCUT2D eigenvalue weighted by Gasteiger charge is 2.15. The summed E-state index contributed by atoms with van der Waals surface area (Å²) in [6, 6.07) is 8.50. The van der Waals surface area contributed by atoms with Crippen LogP contribution in [0.25, 0.3) is 0 Å².